The summed E-state index contributed by atoms with van der Waals surface area (Å²) in [5.41, 5.74) is 0. The fourth-order valence-electron chi connectivity index (χ4n) is 0.955. The van der Waals surface area contributed by atoms with E-state index in [-0.39, 0.29) is 18.9 Å². The summed E-state index contributed by atoms with van der Waals surface area (Å²) in [6.07, 6.45) is -3.78. The Morgan fingerprint density at radius 3 is 2.56 bits per heavy atom. The predicted molar refractivity (Wildman–Crippen MR) is 50.7 cm³/mol. The zero-order valence-corrected chi connectivity index (χ0v) is 9.10. The molecule has 0 aliphatic rings. The van der Waals surface area contributed by atoms with E-state index >= 15 is 0 Å². The van der Waals surface area contributed by atoms with Gasteiger partial charge in [0.05, 0.1) is 13.2 Å². The Morgan fingerprint density at radius 1 is 1.31 bits per heavy atom. The third kappa shape index (κ3) is 11.3. The van der Waals surface area contributed by atoms with E-state index in [0.717, 1.165) is 0 Å². The Balaban J connectivity index is 3.19. The second kappa shape index (κ2) is 8.35. The van der Waals surface area contributed by atoms with Gasteiger partial charge < -0.3 is 10.1 Å². The van der Waals surface area contributed by atoms with Crippen LogP contribution in [0.25, 0.3) is 0 Å². The maximum Gasteiger partial charge on any atom is 0.522 e. The molecule has 0 radical (unpaired) electrons. The van der Waals surface area contributed by atoms with Gasteiger partial charge in [-0.25, -0.2) is 0 Å². The number of rotatable bonds is 8. The summed E-state index contributed by atoms with van der Waals surface area (Å²) in [7, 11) is 0. The highest BCUT2D eigenvalue weighted by atomic mass is 19.4. The van der Waals surface area contributed by atoms with Gasteiger partial charge in [-0.2, -0.15) is 0 Å². The molecular weight excluding hydrogens is 227 g/mol. The van der Waals surface area contributed by atoms with Gasteiger partial charge in [0.15, 0.2) is 0 Å². The topological polar surface area (TPSA) is 47.6 Å². The van der Waals surface area contributed by atoms with Crippen LogP contribution in [-0.2, 0) is 14.3 Å². The number of halogens is 3. The first-order valence-electron chi connectivity index (χ1n) is 5.02. The molecule has 0 aromatic carbocycles. The van der Waals surface area contributed by atoms with Crippen LogP contribution in [0.4, 0.5) is 13.2 Å². The molecule has 0 spiro atoms. The third-order valence-corrected chi connectivity index (χ3v) is 1.58. The van der Waals surface area contributed by atoms with Crippen molar-refractivity contribution in [2.24, 2.45) is 0 Å². The monoisotopic (exact) mass is 243 g/mol. The van der Waals surface area contributed by atoms with Crippen LogP contribution in [0.5, 0.6) is 0 Å². The minimum Gasteiger partial charge on any atom is -0.466 e. The molecule has 1 N–H and O–H groups in total. The van der Waals surface area contributed by atoms with Crippen molar-refractivity contribution in [2.75, 3.05) is 26.3 Å². The van der Waals surface area contributed by atoms with E-state index in [9.17, 15) is 18.0 Å². The van der Waals surface area contributed by atoms with Gasteiger partial charge in [0, 0.05) is 13.0 Å². The molecule has 4 nitrogen and oxygen atoms in total. The number of hydrogen-bond acceptors (Lipinski definition) is 4. The van der Waals surface area contributed by atoms with Gasteiger partial charge in [0.2, 0.25) is 0 Å². The molecule has 0 unspecified atom stereocenters. The molecule has 0 aliphatic carbocycles. The van der Waals surface area contributed by atoms with E-state index in [1.807, 2.05) is 0 Å². The lowest BCUT2D eigenvalue weighted by Crippen LogP contribution is -2.25. The zero-order chi connectivity index (χ0) is 12.4. The second-order valence-electron chi connectivity index (χ2n) is 2.95. The highest BCUT2D eigenvalue weighted by Crippen LogP contribution is 2.14. The van der Waals surface area contributed by atoms with E-state index in [0.29, 0.717) is 19.6 Å². The van der Waals surface area contributed by atoms with Crippen molar-refractivity contribution in [3.8, 4) is 0 Å². The summed E-state index contributed by atoms with van der Waals surface area (Å²) in [5, 5.41) is 2.72. The molecule has 0 aromatic rings. The molecule has 0 aliphatic heterocycles. The number of alkyl halides is 3. The first kappa shape index (κ1) is 15.2. The molecule has 0 amide bonds. The van der Waals surface area contributed by atoms with E-state index in [1.54, 1.807) is 6.92 Å². The predicted octanol–water partition coefficient (Wildman–Crippen LogP) is 1.46. The van der Waals surface area contributed by atoms with Gasteiger partial charge in [-0.05, 0) is 19.9 Å². The average molecular weight is 243 g/mol. The maximum absolute atomic E-state index is 11.5. The molecule has 0 bridgehead atoms. The largest absolute Gasteiger partial charge is 0.522 e. The van der Waals surface area contributed by atoms with E-state index in [2.05, 4.69) is 14.8 Å². The maximum atomic E-state index is 11.5. The summed E-state index contributed by atoms with van der Waals surface area (Å²) < 4.78 is 42.7. The smallest absolute Gasteiger partial charge is 0.466 e. The molecule has 0 aromatic heterocycles. The Labute approximate surface area is 92.1 Å². The Hall–Kier alpha value is -0.820. The van der Waals surface area contributed by atoms with Crippen LogP contribution in [0, 0.1) is 0 Å². The molecule has 0 rings (SSSR count). The van der Waals surface area contributed by atoms with Crippen molar-refractivity contribution in [1.29, 1.82) is 0 Å². The molecule has 96 valence electrons. The number of hydrogen-bond donors (Lipinski definition) is 1. The minimum absolute atomic E-state index is 0.0995. The molecular formula is C9H16F3NO3. The second-order valence-corrected chi connectivity index (χ2v) is 2.95. The lowest BCUT2D eigenvalue weighted by molar-refractivity contribution is -0.323. The molecule has 0 heterocycles. The summed E-state index contributed by atoms with van der Waals surface area (Å²) in [4.78, 5) is 10.8. The SMILES string of the molecule is CCOC(=O)CCCNCCOC(F)(F)F. The summed E-state index contributed by atoms with van der Waals surface area (Å²) in [5.74, 6) is -0.296. The standard InChI is InChI=1S/C9H16F3NO3/c1-2-15-8(14)4-3-5-13-6-7-16-9(10,11)12/h13H,2-7H2,1H3. The van der Waals surface area contributed by atoms with Gasteiger partial charge in [0.1, 0.15) is 0 Å². The normalized spacial score (nSPS) is 11.5. The van der Waals surface area contributed by atoms with Crippen LogP contribution < -0.4 is 5.32 Å². The molecule has 16 heavy (non-hydrogen) atoms. The van der Waals surface area contributed by atoms with Gasteiger partial charge >= 0.3 is 12.3 Å². The van der Waals surface area contributed by atoms with Crippen LogP contribution in [0.15, 0.2) is 0 Å². The molecule has 0 fully saturated rings. The Kier molecular flexibility index (Phi) is 7.92. The molecule has 0 atom stereocenters. The highest BCUT2D eigenvalue weighted by molar-refractivity contribution is 5.69. The number of esters is 1. The number of ether oxygens (including phenoxy) is 2. The van der Waals surface area contributed by atoms with Gasteiger partial charge in [-0.15, -0.1) is 13.2 Å². The van der Waals surface area contributed by atoms with Crippen LogP contribution in [-0.4, -0.2) is 38.6 Å². The van der Waals surface area contributed by atoms with Crippen molar-refractivity contribution in [1.82, 2.24) is 5.32 Å². The molecule has 7 heteroatoms. The van der Waals surface area contributed by atoms with Crippen molar-refractivity contribution in [2.45, 2.75) is 26.1 Å². The average Bonchev–Trinajstić information content (AvgIpc) is 2.15. The fraction of sp³-hybridized carbons (Fsp3) is 0.889. The summed E-state index contributed by atoms with van der Waals surface area (Å²) in [6.45, 7) is 2.18. The summed E-state index contributed by atoms with van der Waals surface area (Å²) >= 11 is 0. The fourth-order valence-corrected chi connectivity index (χ4v) is 0.955. The van der Waals surface area contributed by atoms with Gasteiger partial charge in [0.25, 0.3) is 0 Å². The Morgan fingerprint density at radius 2 is 2.00 bits per heavy atom. The van der Waals surface area contributed by atoms with Crippen LogP contribution in [0.3, 0.4) is 0 Å². The van der Waals surface area contributed by atoms with Gasteiger partial charge in [-0.1, -0.05) is 0 Å². The lowest BCUT2D eigenvalue weighted by Gasteiger charge is -2.08. The zero-order valence-electron chi connectivity index (χ0n) is 9.10. The third-order valence-electron chi connectivity index (χ3n) is 1.58. The van der Waals surface area contributed by atoms with Crippen molar-refractivity contribution < 1.29 is 27.4 Å². The Bertz CT molecular complexity index is 197. The minimum atomic E-state index is -4.58. The van der Waals surface area contributed by atoms with E-state index in [4.69, 9.17) is 0 Å². The first-order chi connectivity index (χ1) is 7.45. The number of nitrogens with one attached hydrogen (secondary N) is 1. The van der Waals surface area contributed by atoms with Gasteiger partial charge in [-0.3, -0.25) is 9.53 Å². The molecule has 0 saturated heterocycles. The van der Waals surface area contributed by atoms with Crippen molar-refractivity contribution in [3.05, 3.63) is 0 Å². The van der Waals surface area contributed by atoms with E-state index < -0.39 is 13.0 Å². The quantitative estimate of drug-likeness (QED) is 0.518. The molecule has 0 saturated carbocycles. The summed E-state index contributed by atoms with van der Waals surface area (Å²) in [6, 6.07) is 0. The number of carbonyl (C=O) groups excluding carboxylic acids is 1. The van der Waals surface area contributed by atoms with E-state index in [1.165, 1.54) is 0 Å². The van der Waals surface area contributed by atoms with Crippen molar-refractivity contribution in [3.63, 3.8) is 0 Å². The van der Waals surface area contributed by atoms with Crippen LogP contribution >= 0.6 is 0 Å². The first-order valence-corrected chi connectivity index (χ1v) is 5.02. The lowest BCUT2D eigenvalue weighted by atomic mass is 10.3. The van der Waals surface area contributed by atoms with Crippen LogP contribution in [0.1, 0.15) is 19.8 Å². The number of carbonyl (C=O) groups is 1. The van der Waals surface area contributed by atoms with Crippen molar-refractivity contribution >= 4 is 5.97 Å². The van der Waals surface area contributed by atoms with Crippen LogP contribution in [0.2, 0.25) is 0 Å². The highest BCUT2D eigenvalue weighted by Gasteiger charge is 2.28.